The second-order valence-electron chi connectivity index (χ2n) is 4.23. The average molecular weight is 252 g/mol. The fraction of sp³-hybridized carbons (Fsp3) is 0.500. The van der Waals surface area contributed by atoms with Gasteiger partial charge in [0.15, 0.2) is 6.29 Å². The van der Waals surface area contributed by atoms with Crippen molar-refractivity contribution in [2.24, 2.45) is 0 Å². The van der Waals surface area contributed by atoms with Gasteiger partial charge in [-0.15, -0.1) is 0 Å². The molecule has 2 atom stereocenters. The van der Waals surface area contributed by atoms with Gasteiger partial charge in [0.05, 0.1) is 11.7 Å². The van der Waals surface area contributed by atoms with E-state index in [1.54, 1.807) is 12.1 Å². The van der Waals surface area contributed by atoms with Crippen LogP contribution in [0.15, 0.2) is 24.3 Å². The first-order valence-electron chi connectivity index (χ1n) is 6.10. The Morgan fingerprint density at radius 3 is 2.44 bits per heavy atom. The molecule has 0 radical (unpaired) electrons. The lowest BCUT2D eigenvalue weighted by Crippen LogP contribution is -2.25. The van der Waals surface area contributed by atoms with E-state index in [0.29, 0.717) is 12.0 Å². The van der Waals surface area contributed by atoms with Gasteiger partial charge in [0, 0.05) is 0 Å². The van der Waals surface area contributed by atoms with Crippen LogP contribution in [0.5, 0.6) is 0 Å². The molecule has 1 N–H and O–H groups in total. The number of benzene rings is 1. The van der Waals surface area contributed by atoms with Crippen LogP contribution in [-0.4, -0.2) is 30.1 Å². The highest BCUT2D eigenvalue weighted by molar-refractivity contribution is 5.89. The topological polar surface area (TPSA) is 55.8 Å². The third-order valence-corrected chi connectivity index (χ3v) is 2.53. The van der Waals surface area contributed by atoms with Crippen LogP contribution in [0.2, 0.25) is 0 Å². The number of ether oxygens (including phenoxy) is 2. The molecule has 4 heteroatoms. The van der Waals surface area contributed by atoms with E-state index in [1.807, 2.05) is 26.0 Å². The van der Waals surface area contributed by atoms with E-state index in [4.69, 9.17) is 14.6 Å². The molecule has 4 nitrogen and oxygen atoms in total. The summed E-state index contributed by atoms with van der Waals surface area (Å²) < 4.78 is 10.3. The van der Waals surface area contributed by atoms with E-state index in [0.717, 1.165) is 5.56 Å². The lowest BCUT2D eigenvalue weighted by atomic mass is 10.1. The van der Waals surface area contributed by atoms with Crippen LogP contribution in [0.25, 0.3) is 0 Å². The number of carbonyl (C=O) groups is 1. The number of esters is 1. The molecule has 0 bridgehead atoms. The van der Waals surface area contributed by atoms with Crippen molar-refractivity contribution in [1.29, 1.82) is 0 Å². The normalized spacial score (nSPS) is 14.0. The van der Waals surface area contributed by atoms with Gasteiger partial charge in [0.1, 0.15) is 6.61 Å². The van der Waals surface area contributed by atoms with Crippen LogP contribution in [0, 0.1) is 6.92 Å². The summed E-state index contributed by atoms with van der Waals surface area (Å²) in [6.07, 6.45) is -0.459. The molecule has 0 aliphatic carbocycles. The van der Waals surface area contributed by atoms with Crippen molar-refractivity contribution < 1.29 is 19.4 Å². The van der Waals surface area contributed by atoms with Crippen molar-refractivity contribution >= 4 is 5.97 Å². The molecule has 0 saturated carbocycles. The van der Waals surface area contributed by atoms with Crippen molar-refractivity contribution in [3.8, 4) is 0 Å². The first-order valence-corrected chi connectivity index (χ1v) is 6.10. The van der Waals surface area contributed by atoms with Gasteiger partial charge in [-0.3, -0.25) is 0 Å². The van der Waals surface area contributed by atoms with Crippen LogP contribution in [0.3, 0.4) is 0 Å². The van der Waals surface area contributed by atoms with E-state index < -0.39 is 6.29 Å². The minimum Gasteiger partial charge on any atom is -0.459 e. The molecule has 100 valence electrons. The Bertz CT molecular complexity index is 370. The second-order valence-corrected chi connectivity index (χ2v) is 4.23. The first kappa shape index (κ1) is 14.7. The summed E-state index contributed by atoms with van der Waals surface area (Å²) in [6, 6.07) is 7.18. The number of hydrogen-bond donors (Lipinski definition) is 1. The highest BCUT2D eigenvalue weighted by Crippen LogP contribution is 2.07. The highest BCUT2D eigenvalue weighted by Gasteiger charge is 2.13. The minimum atomic E-state index is -0.854. The molecule has 0 aliphatic rings. The fourth-order valence-electron chi connectivity index (χ4n) is 1.47. The first-order chi connectivity index (χ1) is 8.52. The largest absolute Gasteiger partial charge is 0.459 e. The molecule has 0 amide bonds. The van der Waals surface area contributed by atoms with Crippen LogP contribution >= 0.6 is 0 Å². The number of aliphatic hydroxyl groups is 1. The minimum absolute atomic E-state index is 0.147. The number of aliphatic hydroxyl groups excluding tert-OH is 1. The molecule has 2 unspecified atom stereocenters. The number of aryl methyl sites for hydroxylation is 1. The Balaban J connectivity index is 2.47. The Morgan fingerprint density at radius 2 is 1.94 bits per heavy atom. The Morgan fingerprint density at radius 1 is 1.33 bits per heavy atom. The van der Waals surface area contributed by atoms with Gasteiger partial charge in [0.2, 0.25) is 0 Å². The van der Waals surface area contributed by atoms with Crippen LogP contribution < -0.4 is 0 Å². The molecule has 0 spiro atoms. The van der Waals surface area contributed by atoms with E-state index in [1.165, 1.54) is 6.92 Å². The van der Waals surface area contributed by atoms with E-state index in [-0.39, 0.29) is 18.7 Å². The Hall–Kier alpha value is -1.39. The van der Waals surface area contributed by atoms with Gasteiger partial charge in [-0.25, -0.2) is 4.79 Å². The molecule has 0 heterocycles. The summed E-state index contributed by atoms with van der Waals surface area (Å²) in [4.78, 5) is 11.7. The predicted octanol–water partition coefficient (Wildman–Crippen LogP) is 2.29. The zero-order valence-electron chi connectivity index (χ0n) is 11.1. The van der Waals surface area contributed by atoms with Crippen LogP contribution in [0.1, 0.15) is 36.2 Å². The molecule has 1 aromatic carbocycles. The van der Waals surface area contributed by atoms with Gasteiger partial charge in [-0.2, -0.15) is 0 Å². The van der Waals surface area contributed by atoms with Gasteiger partial charge in [0.25, 0.3) is 0 Å². The maximum Gasteiger partial charge on any atom is 0.338 e. The van der Waals surface area contributed by atoms with Gasteiger partial charge in [-0.1, -0.05) is 24.6 Å². The van der Waals surface area contributed by atoms with Crippen molar-refractivity contribution in [2.75, 3.05) is 6.61 Å². The molecular formula is C14H20O4. The number of hydrogen-bond acceptors (Lipinski definition) is 4. The summed E-state index contributed by atoms with van der Waals surface area (Å²) in [5.74, 6) is -0.373. The summed E-state index contributed by atoms with van der Waals surface area (Å²) in [5.41, 5.74) is 1.61. The summed E-state index contributed by atoms with van der Waals surface area (Å²) >= 11 is 0. The van der Waals surface area contributed by atoms with Crippen molar-refractivity contribution in [3.05, 3.63) is 35.4 Å². The van der Waals surface area contributed by atoms with Crippen LogP contribution in [-0.2, 0) is 9.47 Å². The quantitative estimate of drug-likeness (QED) is 0.623. The van der Waals surface area contributed by atoms with E-state index >= 15 is 0 Å². The Kier molecular flexibility index (Phi) is 5.82. The zero-order valence-corrected chi connectivity index (χ0v) is 11.1. The predicted molar refractivity (Wildman–Crippen MR) is 68.3 cm³/mol. The fourth-order valence-corrected chi connectivity index (χ4v) is 1.47. The Labute approximate surface area is 108 Å². The van der Waals surface area contributed by atoms with Crippen LogP contribution in [0.4, 0.5) is 0 Å². The number of rotatable bonds is 6. The molecular weight excluding hydrogens is 232 g/mol. The maximum atomic E-state index is 11.7. The summed E-state index contributed by atoms with van der Waals surface area (Å²) in [7, 11) is 0. The zero-order chi connectivity index (χ0) is 13.5. The molecule has 0 fully saturated rings. The molecule has 0 saturated heterocycles. The highest BCUT2D eigenvalue weighted by atomic mass is 16.6. The third-order valence-electron chi connectivity index (χ3n) is 2.53. The lowest BCUT2D eigenvalue weighted by Gasteiger charge is -2.17. The lowest BCUT2D eigenvalue weighted by molar-refractivity contribution is -0.137. The van der Waals surface area contributed by atoms with E-state index in [9.17, 15) is 4.79 Å². The average Bonchev–Trinajstić information content (AvgIpc) is 2.34. The molecule has 0 aliphatic heterocycles. The van der Waals surface area contributed by atoms with Gasteiger partial charge in [-0.05, 0) is 32.4 Å². The number of carbonyl (C=O) groups excluding carboxylic acids is 1. The third kappa shape index (κ3) is 4.85. The smallest absolute Gasteiger partial charge is 0.338 e. The standard InChI is InChI=1S/C14H20O4/c1-4-13(18-11(3)15)9-17-14(16)12-7-5-10(2)6-8-12/h5-8,11,13,15H,4,9H2,1-3H3. The summed E-state index contributed by atoms with van der Waals surface area (Å²) in [6.45, 7) is 5.55. The molecule has 0 aromatic heterocycles. The maximum absolute atomic E-state index is 11.7. The van der Waals surface area contributed by atoms with Gasteiger partial charge >= 0.3 is 5.97 Å². The van der Waals surface area contributed by atoms with Gasteiger partial charge < -0.3 is 14.6 Å². The molecule has 1 aromatic rings. The van der Waals surface area contributed by atoms with Crippen molar-refractivity contribution in [3.63, 3.8) is 0 Å². The molecule has 1 rings (SSSR count). The van der Waals surface area contributed by atoms with E-state index in [2.05, 4.69) is 0 Å². The van der Waals surface area contributed by atoms with Crippen molar-refractivity contribution in [2.45, 2.75) is 39.6 Å². The SMILES string of the molecule is CCC(COC(=O)c1ccc(C)cc1)OC(C)O. The summed E-state index contributed by atoms with van der Waals surface area (Å²) in [5, 5.41) is 9.10. The monoisotopic (exact) mass is 252 g/mol. The molecule has 18 heavy (non-hydrogen) atoms. The second kappa shape index (κ2) is 7.13. The van der Waals surface area contributed by atoms with Crippen molar-refractivity contribution in [1.82, 2.24) is 0 Å².